The predicted octanol–water partition coefficient (Wildman–Crippen LogP) is 1.50. The Morgan fingerprint density at radius 2 is 2.00 bits per heavy atom. The molecule has 1 atom stereocenters. The van der Waals surface area contributed by atoms with E-state index in [-0.39, 0.29) is 5.91 Å². The average molecular weight is 269 g/mol. The van der Waals surface area contributed by atoms with Crippen molar-refractivity contribution in [2.75, 3.05) is 20.6 Å². The van der Waals surface area contributed by atoms with Crippen LogP contribution in [0.2, 0.25) is 0 Å². The normalized spacial score (nSPS) is 19.8. The van der Waals surface area contributed by atoms with Crippen molar-refractivity contribution >= 4 is 18.3 Å². The van der Waals surface area contributed by atoms with Gasteiger partial charge in [-0.3, -0.25) is 9.69 Å². The lowest BCUT2D eigenvalue weighted by atomic mass is 10.2. The molecule has 0 radical (unpaired) electrons. The summed E-state index contributed by atoms with van der Waals surface area (Å²) in [6.45, 7) is 5.97. The zero-order valence-corrected chi connectivity index (χ0v) is 12.3. The summed E-state index contributed by atoms with van der Waals surface area (Å²) in [5.41, 5.74) is -0.555. The van der Waals surface area contributed by atoms with Gasteiger partial charge in [0, 0.05) is 20.6 Å². The topological polar surface area (TPSA) is 62.2 Å². The lowest BCUT2D eigenvalue weighted by molar-refractivity contribution is -0.122. The van der Waals surface area contributed by atoms with E-state index >= 15 is 0 Å². The van der Waals surface area contributed by atoms with Crippen molar-refractivity contribution in [3.05, 3.63) is 0 Å². The van der Waals surface area contributed by atoms with Gasteiger partial charge in [0.2, 0.25) is 0 Å². The highest BCUT2D eigenvalue weighted by Crippen LogP contribution is 2.21. The van der Waals surface area contributed by atoms with Gasteiger partial charge in [-0.1, -0.05) is 0 Å². The first kappa shape index (κ1) is 15.5. The molecule has 0 aromatic heterocycles. The molecule has 0 aromatic rings. The molecule has 1 saturated heterocycles. The molecule has 0 N–H and O–H groups in total. The average Bonchev–Trinajstić information content (AvgIpc) is 2.72. The van der Waals surface area contributed by atoms with E-state index in [9.17, 15) is 9.59 Å². The van der Waals surface area contributed by atoms with E-state index in [0.717, 1.165) is 6.42 Å². The minimum Gasteiger partial charge on any atom is -0.444 e. The third kappa shape index (κ3) is 4.89. The van der Waals surface area contributed by atoms with Crippen molar-refractivity contribution < 1.29 is 14.3 Å². The lowest BCUT2D eigenvalue weighted by Gasteiger charge is -2.27. The monoisotopic (exact) mass is 269 g/mol. The quantitative estimate of drug-likeness (QED) is 0.563. The SMILES string of the molecule is CN(C)C=NC(=O)[C@H]1CCCN1C(=O)OC(C)(C)C. The molecule has 108 valence electrons. The van der Waals surface area contributed by atoms with Gasteiger partial charge in [0.1, 0.15) is 11.6 Å². The van der Waals surface area contributed by atoms with Gasteiger partial charge in [-0.15, -0.1) is 0 Å². The standard InChI is InChI=1S/C13H23N3O3/c1-13(2,3)19-12(18)16-8-6-7-10(16)11(17)14-9-15(4)5/h9-10H,6-8H2,1-5H3/t10-/m1/s1. The van der Waals surface area contributed by atoms with Gasteiger partial charge in [0.25, 0.3) is 5.91 Å². The van der Waals surface area contributed by atoms with Crippen LogP contribution in [0.1, 0.15) is 33.6 Å². The summed E-state index contributed by atoms with van der Waals surface area (Å²) >= 11 is 0. The number of hydrogen-bond donors (Lipinski definition) is 0. The fraction of sp³-hybridized carbons (Fsp3) is 0.769. The number of nitrogens with zero attached hydrogens (tertiary/aromatic N) is 3. The summed E-state index contributed by atoms with van der Waals surface area (Å²) in [5.74, 6) is -0.294. The zero-order chi connectivity index (χ0) is 14.6. The minimum atomic E-state index is -0.555. The van der Waals surface area contributed by atoms with Crippen LogP contribution in [-0.2, 0) is 9.53 Å². The number of rotatable bonds is 2. The first-order valence-corrected chi connectivity index (χ1v) is 6.45. The van der Waals surface area contributed by atoms with Gasteiger partial charge in [-0.25, -0.2) is 9.79 Å². The summed E-state index contributed by atoms with van der Waals surface area (Å²) in [6, 6.07) is -0.494. The molecule has 1 fully saturated rings. The van der Waals surface area contributed by atoms with E-state index < -0.39 is 17.7 Å². The molecule has 1 aliphatic rings. The van der Waals surface area contributed by atoms with Crippen LogP contribution in [0, 0.1) is 0 Å². The molecule has 0 aliphatic carbocycles. The zero-order valence-electron chi connectivity index (χ0n) is 12.3. The molecule has 0 aromatic carbocycles. The van der Waals surface area contributed by atoms with Gasteiger partial charge >= 0.3 is 6.09 Å². The Bertz CT molecular complexity index is 372. The molecular weight excluding hydrogens is 246 g/mol. The molecule has 2 amide bonds. The van der Waals surface area contributed by atoms with Crippen LogP contribution in [0.5, 0.6) is 0 Å². The van der Waals surface area contributed by atoms with Crippen molar-refractivity contribution in [1.29, 1.82) is 0 Å². The summed E-state index contributed by atoms with van der Waals surface area (Å²) in [4.78, 5) is 31.0. The van der Waals surface area contributed by atoms with Crippen molar-refractivity contribution in [3.8, 4) is 0 Å². The van der Waals surface area contributed by atoms with Gasteiger partial charge < -0.3 is 9.64 Å². The molecule has 6 heteroatoms. The number of ether oxygens (including phenoxy) is 1. The number of amides is 2. The third-order valence-corrected chi connectivity index (χ3v) is 2.58. The Hall–Kier alpha value is -1.59. The summed E-state index contributed by atoms with van der Waals surface area (Å²) in [5, 5.41) is 0. The third-order valence-electron chi connectivity index (χ3n) is 2.58. The Morgan fingerprint density at radius 1 is 1.37 bits per heavy atom. The molecular formula is C13H23N3O3. The highest BCUT2D eigenvalue weighted by Gasteiger charge is 2.36. The van der Waals surface area contributed by atoms with Crippen LogP contribution < -0.4 is 0 Å². The van der Waals surface area contributed by atoms with E-state index in [1.165, 1.54) is 11.2 Å². The van der Waals surface area contributed by atoms with Gasteiger partial charge in [-0.2, -0.15) is 0 Å². The highest BCUT2D eigenvalue weighted by molar-refractivity contribution is 5.91. The van der Waals surface area contributed by atoms with Crippen LogP contribution in [0.15, 0.2) is 4.99 Å². The predicted molar refractivity (Wildman–Crippen MR) is 73.1 cm³/mol. The number of carbonyl (C=O) groups is 2. The Balaban J connectivity index is 2.68. The fourth-order valence-corrected chi connectivity index (χ4v) is 1.82. The largest absolute Gasteiger partial charge is 0.444 e. The van der Waals surface area contributed by atoms with Crippen molar-refractivity contribution in [3.63, 3.8) is 0 Å². The number of aliphatic imine (C=N–C) groups is 1. The molecule has 6 nitrogen and oxygen atoms in total. The molecule has 0 spiro atoms. The lowest BCUT2D eigenvalue weighted by Crippen LogP contribution is -2.43. The van der Waals surface area contributed by atoms with E-state index in [2.05, 4.69) is 4.99 Å². The molecule has 19 heavy (non-hydrogen) atoms. The minimum absolute atomic E-state index is 0.294. The van der Waals surface area contributed by atoms with Crippen molar-refractivity contribution in [2.24, 2.45) is 4.99 Å². The maximum atomic E-state index is 12.0. The van der Waals surface area contributed by atoms with E-state index in [1.807, 2.05) is 20.8 Å². The van der Waals surface area contributed by atoms with Gasteiger partial charge in [0.05, 0.1) is 6.34 Å². The molecule has 1 aliphatic heterocycles. The number of carbonyl (C=O) groups excluding carboxylic acids is 2. The summed E-state index contributed by atoms with van der Waals surface area (Å²) in [6.07, 6.45) is 2.45. The van der Waals surface area contributed by atoms with Crippen molar-refractivity contribution in [2.45, 2.75) is 45.3 Å². The maximum Gasteiger partial charge on any atom is 0.410 e. The van der Waals surface area contributed by atoms with Crippen LogP contribution >= 0.6 is 0 Å². The van der Waals surface area contributed by atoms with Crippen LogP contribution in [0.4, 0.5) is 4.79 Å². The number of likely N-dealkylation sites (tertiary alicyclic amines) is 1. The van der Waals surface area contributed by atoms with E-state index in [1.54, 1.807) is 19.0 Å². The van der Waals surface area contributed by atoms with Crippen LogP contribution in [0.25, 0.3) is 0 Å². The molecule has 1 heterocycles. The van der Waals surface area contributed by atoms with Crippen molar-refractivity contribution in [1.82, 2.24) is 9.80 Å². The second-order valence-electron chi connectivity index (χ2n) is 5.88. The molecule has 0 bridgehead atoms. The van der Waals surface area contributed by atoms with E-state index in [0.29, 0.717) is 13.0 Å². The second-order valence-corrected chi connectivity index (χ2v) is 5.88. The van der Waals surface area contributed by atoms with Gasteiger partial charge in [0.15, 0.2) is 0 Å². The van der Waals surface area contributed by atoms with Gasteiger partial charge in [-0.05, 0) is 33.6 Å². The Morgan fingerprint density at radius 3 is 2.53 bits per heavy atom. The molecule has 0 unspecified atom stereocenters. The Kier molecular flexibility index (Phi) is 4.91. The smallest absolute Gasteiger partial charge is 0.410 e. The van der Waals surface area contributed by atoms with Crippen LogP contribution in [0.3, 0.4) is 0 Å². The number of hydrogen-bond acceptors (Lipinski definition) is 3. The first-order chi connectivity index (χ1) is 8.70. The second kappa shape index (κ2) is 6.04. The highest BCUT2D eigenvalue weighted by atomic mass is 16.6. The Labute approximate surface area is 114 Å². The van der Waals surface area contributed by atoms with Crippen LogP contribution in [-0.4, -0.2) is 60.4 Å². The first-order valence-electron chi connectivity index (χ1n) is 6.45. The fourth-order valence-electron chi connectivity index (χ4n) is 1.82. The molecule has 1 rings (SSSR count). The van der Waals surface area contributed by atoms with E-state index in [4.69, 9.17) is 4.74 Å². The maximum absolute atomic E-state index is 12.0. The summed E-state index contributed by atoms with van der Waals surface area (Å²) < 4.78 is 5.30. The summed E-state index contributed by atoms with van der Waals surface area (Å²) in [7, 11) is 3.58. The molecule has 0 saturated carbocycles.